The van der Waals surface area contributed by atoms with Gasteiger partial charge in [-0.15, -0.1) is 0 Å². The number of aryl methyl sites for hydroxylation is 1. The van der Waals surface area contributed by atoms with Crippen LogP contribution in [0.3, 0.4) is 0 Å². The summed E-state index contributed by atoms with van der Waals surface area (Å²) >= 11 is 0. The summed E-state index contributed by atoms with van der Waals surface area (Å²) in [5, 5.41) is 7.03. The van der Waals surface area contributed by atoms with E-state index in [-0.39, 0.29) is 35.0 Å². The van der Waals surface area contributed by atoms with Gasteiger partial charge in [0.15, 0.2) is 0 Å². The summed E-state index contributed by atoms with van der Waals surface area (Å²) in [6, 6.07) is 1.73. The molecule has 2 aliphatic rings. The molecule has 2 amide bonds. The highest BCUT2D eigenvalue weighted by Gasteiger charge is 2.22. The molecule has 4 aromatic rings. The quantitative estimate of drug-likeness (QED) is 0.168. The minimum Gasteiger partial charge on any atom is -0.379 e. The van der Waals surface area contributed by atoms with Crippen molar-refractivity contribution in [3.63, 3.8) is 0 Å². The van der Waals surface area contributed by atoms with E-state index in [4.69, 9.17) is 4.74 Å². The molecule has 14 nitrogen and oxygen atoms in total. The fourth-order valence-electron chi connectivity index (χ4n) is 6.33. The van der Waals surface area contributed by atoms with E-state index in [1.165, 1.54) is 15.3 Å². The second-order valence-electron chi connectivity index (χ2n) is 12.2. The van der Waals surface area contributed by atoms with Crippen molar-refractivity contribution in [1.29, 1.82) is 0 Å². The van der Waals surface area contributed by atoms with E-state index >= 15 is 0 Å². The van der Waals surface area contributed by atoms with E-state index < -0.39 is 0 Å². The molecule has 46 heavy (non-hydrogen) atoms. The molecule has 0 aromatic carbocycles. The molecule has 2 aliphatic heterocycles. The molecule has 4 aromatic heterocycles. The minimum atomic E-state index is -0.304. The first-order valence-electron chi connectivity index (χ1n) is 16.0. The van der Waals surface area contributed by atoms with Crippen LogP contribution in [-0.2, 0) is 18.3 Å². The van der Waals surface area contributed by atoms with E-state index in [1.54, 1.807) is 31.7 Å². The summed E-state index contributed by atoms with van der Waals surface area (Å²) in [5.74, 6) is -0.562. The van der Waals surface area contributed by atoms with E-state index in [9.17, 15) is 19.2 Å². The number of rotatable bonds is 11. The fourth-order valence-corrected chi connectivity index (χ4v) is 6.33. The third kappa shape index (κ3) is 6.79. The molecular weight excluding hydrogens is 590 g/mol. The molecule has 0 saturated carbocycles. The summed E-state index contributed by atoms with van der Waals surface area (Å²) in [6.45, 7) is 9.77. The first kappa shape index (κ1) is 31.7. The summed E-state index contributed by atoms with van der Waals surface area (Å²) in [4.78, 5) is 66.4. The molecule has 0 atom stereocenters. The van der Waals surface area contributed by atoms with Gasteiger partial charge in [-0.1, -0.05) is 0 Å². The second-order valence-corrected chi connectivity index (χ2v) is 12.2. The molecule has 6 rings (SSSR count). The van der Waals surface area contributed by atoms with Gasteiger partial charge < -0.3 is 39.4 Å². The van der Waals surface area contributed by atoms with Gasteiger partial charge in [0.25, 0.3) is 22.9 Å². The van der Waals surface area contributed by atoms with E-state index in [1.807, 2.05) is 0 Å². The van der Waals surface area contributed by atoms with Crippen molar-refractivity contribution >= 4 is 33.6 Å². The highest BCUT2D eigenvalue weighted by molar-refractivity contribution is 6.07. The number of nitrogens with zero attached hydrogens (tertiary/aromatic N) is 5. The van der Waals surface area contributed by atoms with Gasteiger partial charge in [0.2, 0.25) is 0 Å². The maximum atomic E-state index is 13.5. The number of piperazine rings is 1. The van der Waals surface area contributed by atoms with E-state index in [0.29, 0.717) is 46.1 Å². The molecule has 6 heterocycles. The second kappa shape index (κ2) is 14.0. The van der Waals surface area contributed by atoms with Crippen LogP contribution < -0.4 is 21.8 Å². The molecule has 246 valence electrons. The minimum absolute atomic E-state index is 0.0554. The molecule has 0 radical (unpaired) electrons. The predicted octanol–water partition coefficient (Wildman–Crippen LogP) is -0.0128. The van der Waals surface area contributed by atoms with Gasteiger partial charge in [0.1, 0.15) is 11.0 Å². The smallest absolute Gasteiger partial charge is 0.275 e. The number of H-pyrrole nitrogens is 2. The van der Waals surface area contributed by atoms with Crippen LogP contribution in [0, 0.1) is 0 Å². The number of pyridine rings is 2. The van der Waals surface area contributed by atoms with Crippen molar-refractivity contribution in [2.45, 2.75) is 13.0 Å². The molecule has 0 bridgehead atoms. The Balaban J connectivity index is 1.22. The number of aromatic amines is 2. The first-order valence-corrected chi connectivity index (χ1v) is 16.0. The molecule has 4 N–H and O–H groups in total. The highest BCUT2D eigenvalue weighted by atomic mass is 16.5. The van der Waals surface area contributed by atoms with Crippen LogP contribution in [0.5, 0.6) is 0 Å². The summed E-state index contributed by atoms with van der Waals surface area (Å²) in [5.41, 5.74) is 1.34. The molecule has 0 aliphatic carbocycles. The van der Waals surface area contributed by atoms with Crippen LogP contribution in [0.15, 0.2) is 40.4 Å². The number of hydrogen-bond donors (Lipinski definition) is 4. The Hall–Kier alpha value is -4.24. The van der Waals surface area contributed by atoms with Crippen molar-refractivity contribution in [1.82, 2.24) is 44.4 Å². The number of ether oxygens (including phenoxy) is 1. The average molecular weight is 634 g/mol. The number of hydrogen-bond acceptors (Lipinski definition) is 8. The van der Waals surface area contributed by atoms with Gasteiger partial charge in [-0.25, -0.2) is 0 Å². The Morgan fingerprint density at radius 1 is 0.826 bits per heavy atom. The van der Waals surface area contributed by atoms with Gasteiger partial charge in [0.05, 0.1) is 30.9 Å². The number of nitrogens with one attached hydrogen (secondary N) is 4. The van der Waals surface area contributed by atoms with Crippen molar-refractivity contribution in [3.8, 4) is 0 Å². The fraction of sp³-hybridized carbons (Fsp3) is 0.500. The molecule has 0 unspecified atom stereocenters. The Morgan fingerprint density at radius 2 is 1.54 bits per heavy atom. The number of fused-ring (bicyclic) bond motifs is 2. The summed E-state index contributed by atoms with van der Waals surface area (Å²) in [7, 11) is 3.71. The number of carbonyl (C=O) groups excluding carboxylic acids is 2. The van der Waals surface area contributed by atoms with Gasteiger partial charge in [-0.05, 0) is 31.6 Å². The van der Waals surface area contributed by atoms with Crippen LogP contribution in [-0.4, -0.2) is 131 Å². The monoisotopic (exact) mass is 633 g/mol. The predicted molar refractivity (Wildman–Crippen MR) is 176 cm³/mol. The third-order valence-electron chi connectivity index (χ3n) is 9.06. The standard InChI is InChI=1S/C32H43N9O5/c1-37-10-12-40(13-11-37)9-7-35-29(42)24-21-41(32(45)27-23(24)4-6-33-27)19-22-18-36-28-26(22)25(20-38(2)31(28)44)30(43)34-5-3-8-39-14-16-46-17-15-39/h4,6,18,20-21,33,36H,3,5,7-17,19H2,1-2H3,(H,34,43)(H,35,42). The zero-order valence-electron chi connectivity index (χ0n) is 26.6. The number of carbonyl (C=O) groups is 2. The number of aromatic nitrogens is 4. The van der Waals surface area contributed by atoms with Crippen molar-refractivity contribution in [2.24, 2.45) is 7.05 Å². The van der Waals surface area contributed by atoms with Crippen molar-refractivity contribution < 1.29 is 14.3 Å². The van der Waals surface area contributed by atoms with Crippen LogP contribution in [0.25, 0.3) is 21.8 Å². The number of morpholine rings is 1. The lowest BCUT2D eigenvalue weighted by Crippen LogP contribution is -2.47. The van der Waals surface area contributed by atoms with Crippen molar-refractivity contribution in [3.05, 3.63) is 68.3 Å². The largest absolute Gasteiger partial charge is 0.379 e. The molecule has 2 fully saturated rings. The van der Waals surface area contributed by atoms with Gasteiger partial charge in [-0.2, -0.15) is 0 Å². The summed E-state index contributed by atoms with van der Waals surface area (Å²) < 4.78 is 8.24. The van der Waals surface area contributed by atoms with Crippen LogP contribution in [0.4, 0.5) is 0 Å². The van der Waals surface area contributed by atoms with Gasteiger partial charge >= 0.3 is 0 Å². The number of likely N-dealkylation sites (N-methyl/N-ethyl adjacent to an activating group) is 1. The third-order valence-corrected chi connectivity index (χ3v) is 9.06. The lowest BCUT2D eigenvalue weighted by molar-refractivity contribution is 0.0374. The maximum absolute atomic E-state index is 13.5. The van der Waals surface area contributed by atoms with E-state index in [2.05, 4.69) is 42.3 Å². The maximum Gasteiger partial charge on any atom is 0.275 e. The van der Waals surface area contributed by atoms with Gasteiger partial charge in [0, 0.05) is 102 Å². The van der Waals surface area contributed by atoms with Crippen molar-refractivity contribution in [2.75, 3.05) is 85.7 Å². The SMILES string of the molecule is CN1CCN(CCNC(=O)c2cn(Cc3c[nH]c4c(=O)n(C)cc(C(=O)NCCCN5CCOCC5)c34)c(=O)c3[nH]ccc23)CC1. The zero-order chi connectivity index (χ0) is 32.2. The number of amides is 2. The molecular formula is C32H43N9O5. The first-order chi connectivity index (χ1) is 22.3. The van der Waals surface area contributed by atoms with Crippen LogP contribution in [0.1, 0.15) is 32.7 Å². The highest BCUT2D eigenvalue weighted by Crippen LogP contribution is 2.22. The van der Waals surface area contributed by atoms with Crippen LogP contribution >= 0.6 is 0 Å². The Kier molecular flexibility index (Phi) is 9.68. The Morgan fingerprint density at radius 3 is 2.33 bits per heavy atom. The molecule has 0 spiro atoms. The summed E-state index contributed by atoms with van der Waals surface area (Å²) in [6.07, 6.45) is 7.19. The topological polar surface area (TPSA) is 153 Å². The molecule has 2 saturated heterocycles. The average Bonchev–Trinajstić information content (AvgIpc) is 3.72. The van der Waals surface area contributed by atoms with Crippen LogP contribution in [0.2, 0.25) is 0 Å². The Labute approximate surface area is 266 Å². The Bertz CT molecular complexity index is 1820. The molecule has 14 heteroatoms. The zero-order valence-corrected chi connectivity index (χ0v) is 26.6. The van der Waals surface area contributed by atoms with Gasteiger partial charge in [-0.3, -0.25) is 29.0 Å². The normalized spacial score (nSPS) is 16.7. The lowest BCUT2D eigenvalue weighted by Gasteiger charge is -2.32. The lowest BCUT2D eigenvalue weighted by atomic mass is 10.1. The van der Waals surface area contributed by atoms with E-state index in [0.717, 1.165) is 72.0 Å².